The molecule has 0 saturated carbocycles. The summed E-state index contributed by atoms with van der Waals surface area (Å²) >= 11 is 0. The summed E-state index contributed by atoms with van der Waals surface area (Å²) in [5.41, 5.74) is 7.35. The number of carbonyl (C=O) groups is 1. The van der Waals surface area contributed by atoms with Crippen LogP contribution < -0.4 is 11.2 Å². The topological polar surface area (TPSA) is 73.6 Å². The second kappa shape index (κ2) is 6.09. The van der Waals surface area contributed by atoms with E-state index < -0.39 is 5.91 Å². The van der Waals surface area contributed by atoms with E-state index >= 15 is 0 Å². The highest BCUT2D eigenvalue weighted by Crippen LogP contribution is 1.82. The van der Waals surface area contributed by atoms with Crippen LogP contribution >= 0.6 is 0 Å². The minimum Gasteiger partial charge on any atom is -0.380 e. The number of rotatable bonds is 6. The monoisotopic (exact) mass is 162 g/mol. The zero-order chi connectivity index (χ0) is 8.69. The van der Waals surface area contributed by atoms with E-state index in [-0.39, 0.29) is 12.7 Å². The molecule has 0 saturated heterocycles. The molecule has 0 heterocycles. The van der Waals surface area contributed by atoms with Crippen molar-refractivity contribution in [2.45, 2.75) is 13.0 Å². The van der Waals surface area contributed by atoms with Crippen LogP contribution in [0.3, 0.4) is 0 Å². The molecule has 1 amide bonds. The maximum absolute atomic E-state index is 10.1. The number of nitrogens with two attached hydrogens (primary N) is 1. The van der Waals surface area contributed by atoms with Crippen molar-refractivity contribution >= 4 is 5.91 Å². The first-order chi connectivity index (χ1) is 5.16. The third-order valence-corrected chi connectivity index (χ3v) is 1.09. The Hall–Kier alpha value is -0.650. The van der Waals surface area contributed by atoms with Crippen molar-refractivity contribution in [3.05, 3.63) is 0 Å². The van der Waals surface area contributed by atoms with E-state index in [1.807, 2.05) is 6.92 Å². The lowest BCUT2D eigenvalue weighted by Gasteiger charge is -2.09. The zero-order valence-electron chi connectivity index (χ0n) is 6.79. The molecule has 5 heteroatoms. The summed E-state index contributed by atoms with van der Waals surface area (Å²) < 4.78 is 4.90. The van der Waals surface area contributed by atoms with E-state index in [1.54, 1.807) is 7.11 Å². The smallest absolute Gasteiger partial charge is 0.245 e. The number of amides is 1. The summed E-state index contributed by atoms with van der Waals surface area (Å²) in [5, 5.41) is 0. The molecule has 1 atom stereocenters. The highest BCUT2D eigenvalue weighted by molar-refractivity contribution is 5.74. The van der Waals surface area contributed by atoms with Crippen LogP contribution in [-0.2, 0) is 14.4 Å². The number of hydrogen-bond acceptors (Lipinski definition) is 4. The second-order valence-electron chi connectivity index (χ2n) is 2.15. The maximum atomic E-state index is 10.1. The van der Waals surface area contributed by atoms with Crippen molar-refractivity contribution < 1.29 is 14.4 Å². The third-order valence-electron chi connectivity index (χ3n) is 1.09. The predicted molar refractivity (Wildman–Crippen MR) is 39.6 cm³/mol. The number of nitrogens with one attached hydrogen (secondary N) is 1. The summed E-state index contributed by atoms with van der Waals surface area (Å²) in [7, 11) is 1.60. The molecule has 11 heavy (non-hydrogen) atoms. The molecule has 0 rings (SSSR count). The maximum Gasteiger partial charge on any atom is 0.245 e. The molecule has 0 bridgehead atoms. The van der Waals surface area contributed by atoms with E-state index in [1.165, 1.54) is 0 Å². The van der Waals surface area contributed by atoms with Crippen LogP contribution in [0.15, 0.2) is 0 Å². The van der Waals surface area contributed by atoms with Gasteiger partial charge in [-0.15, -0.1) is 0 Å². The Morgan fingerprint density at radius 1 is 1.73 bits per heavy atom. The summed E-state index contributed by atoms with van der Waals surface area (Å²) in [4.78, 5) is 14.8. The summed E-state index contributed by atoms with van der Waals surface area (Å²) in [6, 6.07) is 0. The number of carbonyl (C=O) groups excluding carboxylic acids is 1. The molecule has 0 aliphatic carbocycles. The quantitative estimate of drug-likeness (QED) is 0.389. The molecule has 0 fully saturated rings. The SMILES string of the molecule is COC(C)CNOCC(N)=O. The van der Waals surface area contributed by atoms with Gasteiger partial charge in [-0.1, -0.05) is 0 Å². The van der Waals surface area contributed by atoms with Gasteiger partial charge in [-0.25, -0.2) is 0 Å². The van der Waals surface area contributed by atoms with Gasteiger partial charge in [-0.2, -0.15) is 5.48 Å². The van der Waals surface area contributed by atoms with Crippen LogP contribution in [0.1, 0.15) is 6.92 Å². The minimum atomic E-state index is -0.498. The minimum absolute atomic E-state index is 0.0582. The van der Waals surface area contributed by atoms with Crippen molar-refractivity contribution in [1.29, 1.82) is 0 Å². The molecule has 0 aromatic rings. The van der Waals surface area contributed by atoms with Gasteiger partial charge in [0.05, 0.1) is 6.10 Å². The molecule has 66 valence electrons. The van der Waals surface area contributed by atoms with Crippen molar-refractivity contribution in [3.63, 3.8) is 0 Å². The first-order valence-corrected chi connectivity index (χ1v) is 3.32. The molecule has 0 radical (unpaired) electrons. The van der Waals surface area contributed by atoms with Gasteiger partial charge < -0.3 is 10.5 Å². The summed E-state index contributed by atoms with van der Waals surface area (Å²) in [6.07, 6.45) is 0.0582. The predicted octanol–water partition coefficient (Wildman–Crippen LogP) is -0.972. The highest BCUT2D eigenvalue weighted by Gasteiger charge is 1.98. The van der Waals surface area contributed by atoms with Gasteiger partial charge in [0, 0.05) is 13.7 Å². The van der Waals surface area contributed by atoms with Crippen molar-refractivity contribution in [1.82, 2.24) is 5.48 Å². The summed E-state index contributed by atoms with van der Waals surface area (Å²) in [6.45, 7) is 2.29. The fraction of sp³-hybridized carbons (Fsp3) is 0.833. The standard InChI is InChI=1S/C6H14N2O3/c1-5(10-2)3-8-11-4-6(7)9/h5,8H,3-4H2,1-2H3,(H2,7,9). The molecule has 0 aromatic carbocycles. The Labute approximate surface area is 65.8 Å². The average molecular weight is 162 g/mol. The van der Waals surface area contributed by atoms with Crippen molar-refractivity contribution in [2.24, 2.45) is 5.73 Å². The first kappa shape index (κ1) is 10.3. The average Bonchev–Trinajstić information content (AvgIpc) is 1.97. The number of hydrogen-bond donors (Lipinski definition) is 2. The largest absolute Gasteiger partial charge is 0.380 e. The van der Waals surface area contributed by atoms with Crippen LogP contribution in [0.4, 0.5) is 0 Å². The lowest BCUT2D eigenvalue weighted by atomic mass is 10.4. The van der Waals surface area contributed by atoms with Gasteiger partial charge in [0.1, 0.15) is 6.61 Å². The lowest BCUT2D eigenvalue weighted by Crippen LogP contribution is -2.30. The Kier molecular flexibility index (Phi) is 5.73. The third kappa shape index (κ3) is 7.24. The number of primary amides is 1. The number of methoxy groups -OCH3 is 1. The molecule has 3 N–H and O–H groups in total. The highest BCUT2D eigenvalue weighted by atomic mass is 16.6. The fourth-order valence-corrected chi connectivity index (χ4v) is 0.382. The molecule has 0 spiro atoms. The van der Waals surface area contributed by atoms with Crippen molar-refractivity contribution in [2.75, 3.05) is 20.3 Å². The molecular weight excluding hydrogens is 148 g/mol. The zero-order valence-corrected chi connectivity index (χ0v) is 6.79. The van der Waals surface area contributed by atoms with Gasteiger partial charge in [0.15, 0.2) is 0 Å². The Morgan fingerprint density at radius 3 is 2.82 bits per heavy atom. The Bertz CT molecular complexity index is 118. The van der Waals surface area contributed by atoms with Crippen LogP contribution in [0.2, 0.25) is 0 Å². The van der Waals surface area contributed by atoms with Crippen molar-refractivity contribution in [3.8, 4) is 0 Å². The Morgan fingerprint density at radius 2 is 2.36 bits per heavy atom. The normalized spacial score (nSPS) is 12.9. The van der Waals surface area contributed by atoms with Gasteiger partial charge in [0.2, 0.25) is 5.91 Å². The Balaban J connectivity index is 3.08. The van der Waals surface area contributed by atoms with Crippen LogP contribution in [0.25, 0.3) is 0 Å². The molecule has 0 aromatic heterocycles. The van der Waals surface area contributed by atoms with Crippen LogP contribution in [0, 0.1) is 0 Å². The summed E-state index contributed by atoms with van der Waals surface area (Å²) in [5.74, 6) is -0.498. The van der Waals surface area contributed by atoms with Gasteiger partial charge in [-0.05, 0) is 6.92 Å². The van der Waals surface area contributed by atoms with E-state index in [4.69, 9.17) is 10.5 Å². The second-order valence-corrected chi connectivity index (χ2v) is 2.15. The van der Waals surface area contributed by atoms with Gasteiger partial charge in [-0.3, -0.25) is 9.63 Å². The molecule has 0 aliphatic heterocycles. The lowest BCUT2D eigenvalue weighted by molar-refractivity contribution is -0.125. The number of hydroxylamine groups is 1. The first-order valence-electron chi connectivity index (χ1n) is 3.32. The fourth-order valence-electron chi connectivity index (χ4n) is 0.382. The van der Waals surface area contributed by atoms with Gasteiger partial charge >= 0.3 is 0 Å². The molecule has 5 nitrogen and oxygen atoms in total. The van der Waals surface area contributed by atoms with Crippen LogP contribution in [-0.4, -0.2) is 32.3 Å². The molecular formula is C6H14N2O3. The van der Waals surface area contributed by atoms with E-state index in [0.29, 0.717) is 6.54 Å². The van der Waals surface area contributed by atoms with E-state index in [0.717, 1.165) is 0 Å². The van der Waals surface area contributed by atoms with E-state index in [2.05, 4.69) is 10.3 Å². The molecule has 1 unspecified atom stereocenters. The molecule has 0 aliphatic rings. The van der Waals surface area contributed by atoms with E-state index in [9.17, 15) is 4.79 Å². The number of ether oxygens (including phenoxy) is 1. The van der Waals surface area contributed by atoms with Gasteiger partial charge in [0.25, 0.3) is 0 Å². The van der Waals surface area contributed by atoms with Crippen LogP contribution in [0.5, 0.6) is 0 Å².